The molecule has 0 bridgehead atoms. The molecule has 1 amide bonds. The third-order valence-electron chi connectivity index (χ3n) is 3.72. The Morgan fingerprint density at radius 1 is 1.40 bits per heavy atom. The summed E-state index contributed by atoms with van der Waals surface area (Å²) in [5.41, 5.74) is 1.99. The topological polar surface area (TPSA) is 69.6 Å². The number of carbonyl (C=O) groups excluding carboxylic acids is 1. The first-order valence-electron chi connectivity index (χ1n) is 6.85. The van der Waals surface area contributed by atoms with Gasteiger partial charge in [0.1, 0.15) is 0 Å². The Hall–Kier alpha value is -1.88. The van der Waals surface area contributed by atoms with Crippen LogP contribution in [0, 0.1) is 0 Å². The molecule has 1 aliphatic heterocycles. The Morgan fingerprint density at radius 3 is 2.85 bits per heavy atom. The number of benzene rings is 1. The summed E-state index contributed by atoms with van der Waals surface area (Å²) in [4.78, 5) is 24.7. The van der Waals surface area contributed by atoms with Gasteiger partial charge >= 0.3 is 5.97 Å². The number of hydrogen-bond acceptors (Lipinski definition) is 3. The van der Waals surface area contributed by atoms with Crippen LogP contribution in [0.5, 0.6) is 0 Å². The van der Waals surface area contributed by atoms with E-state index in [1.807, 2.05) is 24.3 Å². The van der Waals surface area contributed by atoms with Crippen molar-refractivity contribution in [3.63, 3.8) is 0 Å². The summed E-state index contributed by atoms with van der Waals surface area (Å²) >= 11 is 0. The molecule has 0 fully saturated rings. The number of nitrogens with one attached hydrogen (secondary N) is 1. The predicted octanol–water partition coefficient (Wildman–Crippen LogP) is 1.20. The second kappa shape index (κ2) is 6.52. The fourth-order valence-electron chi connectivity index (χ4n) is 2.65. The van der Waals surface area contributed by atoms with Gasteiger partial charge in [0.25, 0.3) is 0 Å². The quantitative estimate of drug-likeness (QED) is 0.847. The minimum absolute atomic E-state index is 0.0252. The lowest BCUT2D eigenvalue weighted by Gasteiger charge is -2.32. The van der Waals surface area contributed by atoms with E-state index in [0.29, 0.717) is 13.0 Å². The van der Waals surface area contributed by atoms with Crippen LogP contribution in [0.2, 0.25) is 0 Å². The first-order valence-corrected chi connectivity index (χ1v) is 6.85. The van der Waals surface area contributed by atoms with Crippen molar-refractivity contribution in [1.29, 1.82) is 0 Å². The molecule has 0 saturated carbocycles. The second-order valence-electron chi connectivity index (χ2n) is 5.10. The highest BCUT2D eigenvalue weighted by Gasteiger charge is 2.29. The van der Waals surface area contributed by atoms with Crippen molar-refractivity contribution >= 4 is 11.9 Å². The number of aliphatic carboxylic acids is 1. The number of carboxylic acids is 1. The predicted molar refractivity (Wildman–Crippen MR) is 75.4 cm³/mol. The zero-order valence-corrected chi connectivity index (χ0v) is 11.6. The fraction of sp³-hybridized carbons (Fsp3) is 0.467. The number of rotatable bonds is 5. The summed E-state index contributed by atoms with van der Waals surface area (Å²) in [5, 5.41) is 12.0. The van der Waals surface area contributed by atoms with E-state index in [1.165, 1.54) is 0 Å². The summed E-state index contributed by atoms with van der Waals surface area (Å²) in [5.74, 6) is -1.23. The van der Waals surface area contributed by atoms with E-state index in [9.17, 15) is 14.7 Å². The third kappa shape index (κ3) is 3.36. The van der Waals surface area contributed by atoms with E-state index in [0.717, 1.165) is 30.6 Å². The highest BCUT2D eigenvalue weighted by molar-refractivity contribution is 5.77. The molecule has 5 heteroatoms. The maximum Gasteiger partial charge on any atom is 0.312 e. The van der Waals surface area contributed by atoms with E-state index in [1.54, 1.807) is 7.05 Å². The lowest BCUT2D eigenvalue weighted by atomic mass is 9.89. The number of carbonyl (C=O) groups is 2. The average Bonchev–Trinajstić information content (AvgIpc) is 2.46. The molecule has 0 aliphatic carbocycles. The van der Waals surface area contributed by atoms with Crippen molar-refractivity contribution in [2.45, 2.75) is 25.3 Å². The van der Waals surface area contributed by atoms with Crippen molar-refractivity contribution < 1.29 is 14.7 Å². The maximum absolute atomic E-state index is 11.4. The summed E-state index contributed by atoms with van der Waals surface area (Å²) in [7, 11) is 1.62. The number of carboxylic acid groups (broad SMARTS) is 1. The molecule has 108 valence electrons. The van der Waals surface area contributed by atoms with Gasteiger partial charge in [-0.25, -0.2) is 0 Å². The number of amides is 1. The standard InChI is InChI=1S/C15H20N2O3/c1-16-14(18)7-4-8-17-9-11-5-2-3-6-12(11)13(10-17)15(19)20/h2-3,5-6,13H,4,7-10H2,1H3,(H,16,18)(H,19,20). The molecule has 2 N–H and O–H groups in total. The van der Waals surface area contributed by atoms with Crippen molar-refractivity contribution in [3.8, 4) is 0 Å². The lowest BCUT2D eigenvalue weighted by Crippen LogP contribution is -2.37. The zero-order valence-electron chi connectivity index (χ0n) is 11.6. The normalized spacial score (nSPS) is 18.4. The van der Waals surface area contributed by atoms with Crippen LogP contribution in [0.15, 0.2) is 24.3 Å². The number of fused-ring (bicyclic) bond motifs is 1. The summed E-state index contributed by atoms with van der Waals surface area (Å²) < 4.78 is 0. The van der Waals surface area contributed by atoms with Gasteiger partial charge in [-0.05, 0) is 24.1 Å². The molecular weight excluding hydrogens is 256 g/mol. The van der Waals surface area contributed by atoms with Gasteiger partial charge in [0, 0.05) is 26.6 Å². The van der Waals surface area contributed by atoms with Crippen LogP contribution in [-0.2, 0) is 16.1 Å². The van der Waals surface area contributed by atoms with Crippen LogP contribution in [0.3, 0.4) is 0 Å². The molecule has 1 unspecified atom stereocenters. The van der Waals surface area contributed by atoms with Crippen LogP contribution in [0.1, 0.15) is 29.9 Å². The Labute approximate surface area is 118 Å². The molecule has 0 radical (unpaired) electrons. The van der Waals surface area contributed by atoms with Crippen LogP contribution in [0.4, 0.5) is 0 Å². The molecule has 20 heavy (non-hydrogen) atoms. The SMILES string of the molecule is CNC(=O)CCCN1Cc2ccccc2C(C(=O)O)C1. The van der Waals surface area contributed by atoms with Gasteiger partial charge in [-0.15, -0.1) is 0 Å². The van der Waals surface area contributed by atoms with Crippen molar-refractivity contribution in [1.82, 2.24) is 10.2 Å². The highest BCUT2D eigenvalue weighted by Crippen LogP contribution is 2.28. The first-order chi connectivity index (χ1) is 9.61. The van der Waals surface area contributed by atoms with E-state index >= 15 is 0 Å². The maximum atomic E-state index is 11.4. The molecule has 0 aromatic heterocycles. The van der Waals surface area contributed by atoms with Crippen molar-refractivity contribution in [2.75, 3.05) is 20.1 Å². The van der Waals surface area contributed by atoms with Gasteiger partial charge in [-0.2, -0.15) is 0 Å². The third-order valence-corrected chi connectivity index (χ3v) is 3.72. The fourth-order valence-corrected chi connectivity index (χ4v) is 2.65. The molecule has 1 heterocycles. The van der Waals surface area contributed by atoms with Crippen LogP contribution >= 0.6 is 0 Å². The largest absolute Gasteiger partial charge is 0.481 e. The molecule has 0 saturated heterocycles. The van der Waals surface area contributed by atoms with Crippen LogP contribution in [-0.4, -0.2) is 42.0 Å². The molecule has 1 atom stereocenters. The van der Waals surface area contributed by atoms with E-state index < -0.39 is 11.9 Å². The molecular formula is C15H20N2O3. The minimum Gasteiger partial charge on any atom is -0.481 e. The monoisotopic (exact) mass is 276 g/mol. The van der Waals surface area contributed by atoms with E-state index in [4.69, 9.17) is 0 Å². The molecule has 1 aromatic rings. The Morgan fingerprint density at radius 2 is 2.15 bits per heavy atom. The zero-order chi connectivity index (χ0) is 14.5. The van der Waals surface area contributed by atoms with Crippen LogP contribution < -0.4 is 5.32 Å². The van der Waals surface area contributed by atoms with Crippen molar-refractivity contribution in [3.05, 3.63) is 35.4 Å². The number of nitrogens with zero attached hydrogens (tertiary/aromatic N) is 1. The summed E-state index contributed by atoms with van der Waals surface area (Å²) in [6, 6.07) is 7.70. The Bertz CT molecular complexity index is 502. The van der Waals surface area contributed by atoms with Gasteiger partial charge in [0.15, 0.2) is 0 Å². The molecule has 1 aliphatic rings. The molecule has 5 nitrogen and oxygen atoms in total. The first kappa shape index (κ1) is 14.5. The second-order valence-corrected chi connectivity index (χ2v) is 5.10. The summed E-state index contributed by atoms with van der Waals surface area (Å²) in [6.07, 6.45) is 1.22. The lowest BCUT2D eigenvalue weighted by molar-refractivity contribution is -0.139. The van der Waals surface area contributed by atoms with Gasteiger partial charge in [0.05, 0.1) is 5.92 Å². The number of hydrogen-bond donors (Lipinski definition) is 2. The Balaban J connectivity index is 2.01. The van der Waals surface area contributed by atoms with E-state index in [-0.39, 0.29) is 5.91 Å². The molecule has 2 rings (SSSR count). The van der Waals surface area contributed by atoms with Gasteiger partial charge in [-0.1, -0.05) is 24.3 Å². The van der Waals surface area contributed by atoms with Gasteiger partial charge in [-0.3, -0.25) is 14.5 Å². The smallest absolute Gasteiger partial charge is 0.312 e. The van der Waals surface area contributed by atoms with Gasteiger partial charge < -0.3 is 10.4 Å². The van der Waals surface area contributed by atoms with E-state index in [2.05, 4.69) is 10.2 Å². The highest BCUT2D eigenvalue weighted by atomic mass is 16.4. The average molecular weight is 276 g/mol. The molecule has 0 spiro atoms. The van der Waals surface area contributed by atoms with Crippen LogP contribution in [0.25, 0.3) is 0 Å². The van der Waals surface area contributed by atoms with Gasteiger partial charge in [0.2, 0.25) is 5.91 Å². The Kier molecular flexibility index (Phi) is 4.74. The summed E-state index contributed by atoms with van der Waals surface area (Å²) in [6.45, 7) is 2.01. The van der Waals surface area contributed by atoms with Crippen molar-refractivity contribution in [2.24, 2.45) is 0 Å². The minimum atomic E-state index is -0.784. The molecule has 1 aromatic carbocycles.